The number of nitrogens with two attached hydrogens (primary N) is 1. The molecule has 0 heterocycles. The molecule has 0 aliphatic carbocycles. The standard InChI is InChI=1S/C11H7Cl2NO/c12-9-2-6-1-8(5-15)11(14)4-7(6)3-10(9)13/h1-5H,14H2. The van der Waals surface area contributed by atoms with Gasteiger partial charge >= 0.3 is 0 Å². The number of aldehydes is 1. The van der Waals surface area contributed by atoms with Gasteiger partial charge in [0.05, 0.1) is 10.0 Å². The zero-order valence-corrected chi connectivity index (χ0v) is 9.14. The van der Waals surface area contributed by atoms with Crippen molar-refractivity contribution in [3.63, 3.8) is 0 Å². The quantitative estimate of drug-likeness (QED) is 0.611. The van der Waals surface area contributed by atoms with Gasteiger partial charge in [-0.05, 0) is 35.0 Å². The van der Waals surface area contributed by atoms with Gasteiger partial charge in [-0.25, -0.2) is 0 Å². The lowest BCUT2D eigenvalue weighted by atomic mass is 10.1. The largest absolute Gasteiger partial charge is 0.398 e. The maximum Gasteiger partial charge on any atom is 0.152 e. The summed E-state index contributed by atoms with van der Waals surface area (Å²) < 4.78 is 0. The highest BCUT2D eigenvalue weighted by molar-refractivity contribution is 6.42. The summed E-state index contributed by atoms with van der Waals surface area (Å²) in [5.41, 5.74) is 6.58. The molecule has 4 heteroatoms. The van der Waals surface area contributed by atoms with Gasteiger partial charge < -0.3 is 5.73 Å². The van der Waals surface area contributed by atoms with E-state index in [1.165, 1.54) is 0 Å². The van der Waals surface area contributed by atoms with Crippen molar-refractivity contribution in [2.45, 2.75) is 0 Å². The fourth-order valence-corrected chi connectivity index (χ4v) is 1.78. The van der Waals surface area contributed by atoms with E-state index in [0.717, 1.165) is 17.1 Å². The Morgan fingerprint density at radius 2 is 1.53 bits per heavy atom. The molecule has 0 saturated carbocycles. The molecule has 76 valence electrons. The normalized spacial score (nSPS) is 10.5. The molecule has 0 aliphatic rings. The SMILES string of the molecule is Nc1cc2cc(Cl)c(Cl)cc2cc1C=O. The molecule has 2 aromatic rings. The lowest BCUT2D eigenvalue weighted by Crippen LogP contribution is -1.92. The Kier molecular flexibility index (Phi) is 2.55. The van der Waals surface area contributed by atoms with E-state index in [2.05, 4.69) is 0 Å². The average molecular weight is 240 g/mol. The lowest BCUT2D eigenvalue weighted by Gasteiger charge is -2.04. The van der Waals surface area contributed by atoms with Crippen LogP contribution in [0.1, 0.15) is 10.4 Å². The zero-order valence-electron chi connectivity index (χ0n) is 7.63. The van der Waals surface area contributed by atoms with Crippen LogP contribution in [-0.4, -0.2) is 6.29 Å². The summed E-state index contributed by atoms with van der Waals surface area (Å²) in [6.45, 7) is 0. The van der Waals surface area contributed by atoms with Gasteiger partial charge in [-0.2, -0.15) is 0 Å². The van der Waals surface area contributed by atoms with Crippen LogP contribution in [0.25, 0.3) is 10.8 Å². The van der Waals surface area contributed by atoms with E-state index in [-0.39, 0.29) is 0 Å². The molecule has 2 aromatic carbocycles. The van der Waals surface area contributed by atoms with Crippen molar-refractivity contribution in [3.05, 3.63) is 39.9 Å². The summed E-state index contributed by atoms with van der Waals surface area (Å²) in [6.07, 6.45) is 0.720. The number of benzene rings is 2. The first-order valence-corrected chi connectivity index (χ1v) is 5.01. The predicted molar refractivity (Wildman–Crippen MR) is 63.8 cm³/mol. The highest BCUT2D eigenvalue weighted by Gasteiger charge is 2.04. The maximum atomic E-state index is 10.7. The van der Waals surface area contributed by atoms with Crippen molar-refractivity contribution in [2.75, 3.05) is 5.73 Å². The molecule has 0 aliphatic heterocycles. The molecular weight excluding hydrogens is 233 g/mol. The highest BCUT2D eigenvalue weighted by Crippen LogP contribution is 2.29. The Balaban J connectivity index is 2.82. The monoisotopic (exact) mass is 239 g/mol. The number of carbonyl (C=O) groups is 1. The number of nitrogen functional groups attached to an aromatic ring is 1. The van der Waals surface area contributed by atoms with Crippen LogP contribution in [0.15, 0.2) is 24.3 Å². The van der Waals surface area contributed by atoms with Crippen LogP contribution in [0.3, 0.4) is 0 Å². The van der Waals surface area contributed by atoms with Gasteiger partial charge in [0.25, 0.3) is 0 Å². The minimum atomic E-state index is 0.441. The minimum absolute atomic E-state index is 0.441. The third-order valence-corrected chi connectivity index (χ3v) is 2.93. The van der Waals surface area contributed by atoms with Crippen LogP contribution in [0.2, 0.25) is 10.0 Å². The van der Waals surface area contributed by atoms with Crippen molar-refractivity contribution < 1.29 is 4.79 Å². The minimum Gasteiger partial charge on any atom is -0.398 e. The van der Waals surface area contributed by atoms with E-state index < -0.39 is 0 Å². The Bertz CT molecular complexity index is 552. The van der Waals surface area contributed by atoms with Gasteiger partial charge in [0, 0.05) is 11.3 Å². The van der Waals surface area contributed by atoms with Crippen LogP contribution in [0.5, 0.6) is 0 Å². The van der Waals surface area contributed by atoms with Crippen LogP contribution in [0.4, 0.5) is 5.69 Å². The Morgan fingerprint density at radius 1 is 1.00 bits per heavy atom. The van der Waals surface area contributed by atoms with E-state index >= 15 is 0 Å². The summed E-state index contributed by atoms with van der Waals surface area (Å²) in [5.74, 6) is 0. The molecule has 0 amide bonds. The van der Waals surface area contributed by atoms with Crippen LogP contribution in [0, 0.1) is 0 Å². The number of hydrogen-bond acceptors (Lipinski definition) is 2. The molecule has 2 N–H and O–H groups in total. The molecule has 15 heavy (non-hydrogen) atoms. The molecule has 0 fully saturated rings. The van der Waals surface area contributed by atoms with Gasteiger partial charge in [0.1, 0.15) is 0 Å². The molecule has 2 rings (SSSR count). The topological polar surface area (TPSA) is 43.1 Å². The number of halogens is 2. The summed E-state index contributed by atoms with van der Waals surface area (Å²) >= 11 is 11.7. The number of fused-ring (bicyclic) bond motifs is 1. The second kappa shape index (κ2) is 3.72. The van der Waals surface area contributed by atoms with E-state index in [1.54, 1.807) is 24.3 Å². The third kappa shape index (κ3) is 1.78. The first-order chi connectivity index (χ1) is 7.11. The van der Waals surface area contributed by atoms with Crippen LogP contribution in [-0.2, 0) is 0 Å². The molecule has 0 atom stereocenters. The summed E-state index contributed by atoms with van der Waals surface area (Å²) in [4.78, 5) is 10.7. The van der Waals surface area contributed by atoms with Gasteiger partial charge in [0.15, 0.2) is 6.29 Å². The summed E-state index contributed by atoms with van der Waals surface area (Å²) in [7, 11) is 0. The van der Waals surface area contributed by atoms with Crippen LogP contribution >= 0.6 is 23.2 Å². The summed E-state index contributed by atoms with van der Waals surface area (Å²) in [5, 5.41) is 2.65. The Hall–Kier alpha value is -1.25. The highest BCUT2D eigenvalue weighted by atomic mass is 35.5. The molecule has 0 aromatic heterocycles. The molecule has 0 radical (unpaired) electrons. The van der Waals surface area contributed by atoms with Gasteiger partial charge in [-0.1, -0.05) is 23.2 Å². The number of rotatable bonds is 1. The number of carbonyl (C=O) groups excluding carboxylic acids is 1. The number of anilines is 1. The van der Waals surface area contributed by atoms with E-state index in [4.69, 9.17) is 28.9 Å². The zero-order chi connectivity index (χ0) is 11.0. The van der Waals surface area contributed by atoms with E-state index in [1.807, 2.05) is 0 Å². The van der Waals surface area contributed by atoms with Crippen LogP contribution < -0.4 is 5.73 Å². The fraction of sp³-hybridized carbons (Fsp3) is 0. The van der Waals surface area contributed by atoms with Gasteiger partial charge in [0.2, 0.25) is 0 Å². The molecule has 0 bridgehead atoms. The van der Waals surface area contributed by atoms with Crippen molar-refractivity contribution in [2.24, 2.45) is 0 Å². The summed E-state index contributed by atoms with van der Waals surface area (Å²) in [6, 6.07) is 6.84. The average Bonchev–Trinajstić information content (AvgIpc) is 2.20. The molecule has 0 spiro atoms. The van der Waals surface area contributed by atoms with E-state index in [0.29, 0.717) is 21.3 Å². The predicted octanol–water partition coefficient (Wildman–Crippen LogP) is 3.54. The van der Waals surface area contributed by atoms with Crippen molar-refractivity contribution >= 4 is 45.9 Å². The number of hydrogen-bond donors (Lipinski definition) is 1. The fourth-order valence-electron chi connectivity index (χ4n) is 1.43. The molecule has 0 saturated heterocycles. The van der Waals surface area contributed by atoms with Gasteiger partial charge in [-0.15, -0.1) is 0 Å². The Labute approximate surface area is 96.6 Å². The second-order valence-corrected chi connectivity index (χ2v) is 4.03. The molecule has 2 nitrogen and oxygen atoms in total. The lowest BCUT2D eigenvalue weighted by molar-refractivity contribution is 0.112. The van der Waals surface area contributed by atoms with Crippen molar-refractivity contribution in [1.29, 1.82) is 0 Å². The first-order valence-electron chi connectivity index (χ1n) is 4.25. The second-order valence-electron chi connectivity index (χ2n) is 3.21. The molecular formula is C11H7Cl2NO. The smallest absolute Gasteiger partial charge is 0.152 e. The Morgan fingerprint density at radius 3 is 2.07 bits per heavy atom. The maximum absolute atomic E-state index is 10.7. The first kappa shape index (κ1) is 10.3. The van der Waals surface area contributed by atoms with Gasteiger partial charge in [-0.3, -0.25) is 4.79 Å². The molecule has 0 unspecified atom stereocenters. The third-order valence-electron chi connectivity index (χ3n) is 2.21. The van der Waals surface area contributed by atoms with Crippen molar-refractivity contribution in [1.82, 2.24) is 0 Å². The van der Waals surface area contributed by atoms with E-state index in [9.17, 15) is 4.79 Å². The van der Waals surface area contributed by atoms with Crippen molar-refractivity contribution in [3.8, 4) is 0 Å².